The van der Waals surface area contributed by atoms with Crippen LogP contribution in [0.1, 0.15) is 37.3 Å². The molecule has 1 fully saturated rings. The quantitative estimate of drug-likeness (QED) is 0.877. The number of aryl methyl sites for hydroxylation is 1. The molecule has 0 bridgehead atoms. The number of anilines is 1. The number of thiazole rings is 1. The summed E-state index contributed by atoms with van der Waals surface area (Å²) in [5.74, 6) is 0.805. The summed E-state index contributed by atoms with van der Waals surface area (Å²) in [5.41, 5.74) is 7.00. The largest absolute Gasteiger partial charge is 0.348 e. The van der Waals surface area contributed by atoms with Crippen LogP contribution in [0.3, 0.4) is 0 Å². The average Bonchev–Trinajstić information content (AvgIpc) is 2.85. The van der Waals surface area contributed by atoms with Gasteiger partial charge in [0.2, 0.25) is 0 Å². The molecule has 1 saturated heterocycles. The van der Waals surface area contributed by atoms with Crippen LogP contribution in [0.25, 0.3) is 0 Å². The summed E-state index contributed by atoms with van der Waals surface area (Å²) in [6.45, 7) is 7.45. The van der Waals surface area contributed by atoms with E-state index in [1.165, 1.54) is 22.1 Å². The first-order valence-corrected chi connectivity index (χ1v) is 6.99. The molecular formula is C12H21N3S. The standard InChI is InChI=1S/C12H21N3S/c1-3-4-10-11(7-13)16-12(14-10)15-6-5-9(2)8-15/h9H,3-8,13H2,1-2H3. The second-order valence-corrected chi connectivity index (χ2v) is 5.72. The second kappa shape index (κ2) is 5.15. The Morgan fingerprint density at radius 3 is 2.94 bits per heavy atom. The molecule has 3 nitrogen and oxygen atoms in total. The highest BCUT2D eigenvalue weighted by molar-refractivity contribution is 7.15. The predicted molar refractivity (Wildman–Crippen MR) is 70.0 cm³/mol. The van der Waals surface area contributed by atoms with Crippen LogP contribution in [0.15, 0.2) is 0 Å². The van der Waals surface area contributed by atoms with Gasteiger partial charge in [-0.15, -0.1) is 11.3 Å². The molecule has 1 atom stereocenters. The predicted octanol–water partition coefficient (Wildman–Crippen LogP) is 2.40. The van der Waals surface area contributed by atoms with Gasteiger partial charge < -0.3 is 10.6 Å². The van der Waals surface area contributed by atoms with Crippen LogP contribution in [-0.2, 0) is 13.0 Å². The van der Waals surface area contributed by atoms with Crippen molar-refractivity contribution in [3.05, 3.63) is 10.6 Å². The number of nitrogens with two attached hydrogens (primary N) is 1. The van der Waals surface area contributed by atoms with Crippen LogP contribution in [-0.4, -0.2) is 18.1 Å². The molecule has 0 aliphatic carbocycles. The number of hydrogen-bond donors (Lipinski definition) is 1. The first-order chi connectivity index (χ1) is 7.74. The SMILES string of the molecule is CCCc1nc(N2CCC(C)C2)sc1CN. The lowest BCUT2D eigenvalue weighted by molar-refractivity contribution is 0.659. The topological polar surface area (TPSA) is 42.2 Å². The first kappa shape index (κ1) is 11.9. The third-order valence-electron chi connectivity index (χ3n) is 3.13. The van der Waals surface area contributed by atoms with Gasteiger partial charge in [-0.05, 0) is 18.8 Å². The van der Waals surface area contributed by atoms with E-state index in [0.29, 0.717) is 6.54 Å². The lowest BCUT2D eigenvalue weighted by Gasteiger charge is -2.13. The third-order valence-corrected chi connectivity index (χ3v) is 4.31. The van der Waals surface area contributed by atoms with E-state index in [4.69, 9.17) is 10.7 Å². The maximum Gasteiger partial charge on any atom is 0.185 e. The van der Waals surface area contributed by atoms with Gasteiger partial charge in [0, 0.05) is 24.5 Å². The van der Waals surface area contributed by atoms with Gasteiger partial charge in [-0.25, -0.2) is 4.98 Å². The Morgan fingerprint density at radius 1 is 1.56 bits per heavy atom. The second-order valence-electron chi connectivity index (χ2n) is 4.66. The Labute approximate surface area is 102 Å². The Hall–Kier alpha value is -0.610. The van der Waals surface area contributed by atoms with E-state index in [0.717, 1.165) is 31.8 Å². The Balaban J connectivity index is 2.15. The maximum atomic E-state index is 5.77. The molecule has 2 heterocycles. The molecule has 0 amide bonds. The minimum absolute atomic E-state index is 0.635. The van der Waals surface area contributed by atoms with Crippen LogP contribution in [0, 0.1) is 5.92 Å². The molecule has 1 unspecified atom stereocenters. The molecule has 2 N–H and O–H groups in total. The summed E-state index contributed by atoms with van der Waals surface area (Å²) in [6.07, 6.45) is 3.50. The van der Waals surface area contributed by atoms with E-state index in [9.17, 15) is 0 Å². The zero-order chi connectivity index (χ0) is 11.5. The van der Waals surface area contributed by atoms with Crippen molar-refractivity contribution in [2.75, 3.05) is 18.0 Å². The highest BCUT2D eigenvalue weighted by Crippen LogP contribution is 2.30. The molecule has 0 spiro atoms. The van der Waals surface area contributed by atoms with Gasteiger partial charge in [0.15, 0.2) is 5.13 Å². The van der Waals surface area contributed by atoms with Gasteiger partial charge in [0.1, 0.15) is 0 Å². The van der Waals surface area contributed by atoms with Crippen molar-refractivity contribution in [1.29, 1.82) is 0 Å². The Kier molecular flexibility index (Phi) is 3.82. The van der Waals surface area contributed by atoms with E-state index in [-0.39, 0.29) is 0 Å². The Morgan fingerprint density at radius 2 is 2.38 bits per heavy atom. The monoisotopic (exact) mass is 239 g/mol. The van der Waals surface area contributed by atoms with Gasteiger partial charge in [0.05, 0.1) is 5.69 Å². The molecule has 1 aromatic rings. The average molecular weight is 239 g/mol. The molecule has 1 aliphatic heterocycles. The molecule has 0 saturated carbocycles. The van der Waals surface area contributed by atoms with Crippen LogP contribution in [0.4, 0.5) is 5.13 Å². The van der Waals surface area contributed by atoms with Crippen molar-refractivity contribution in [3.63, 3.8) is 0 Å². The van der Waals surface area contributed by atoms with E-state index in [2.05, 4.69) is 18.7 Å². The maximum absolute atomic E-state index is 5.77. The number of nitrogens with zero attached hydrogens (tertiary/aromatic N) is 2. The van der Waals surface area contributed by atoms with Crippen molar-refractivity contribution in [1.82, 2.24) is 4.98 Å². The smallest absolute Gasteiger partial charge is 0.185 e. The van der Waals surface area contributed by atoms with Crippen molar-refractivity contribution >= 4 is 16.5 Å². The molecule has 2 rings (SSSR count). The summed E-state index contributed by atoms with van der Waals surface area (Å²) in [4.78, 5) is 8.44. The fraction of sp³-hybridized carbons (Fsp3) is 0.750. The van der Waals surface area contributed by atoms with Crippen molar-refractivity contribution in [2.45, 2.75) is 39.7 Å². The summed E-state index contributed by atoms with van der Waals surface area (Å²) in [6, 6.07) is 0. The van der Waals surface area contributed by atoms with Crippen LogP contribution >= 0.6 is 11.3 Å². The van der Waals surface area contributed by atoms with Gasteiger partial charge >= 0.3 is 0 Å². The summed E-state index contributed by atoms with van der Waals surface area (Å²) in [7, 11) is 0. The van der Waals surface area contributed by atoms with E-state index in [1.54, 1.807) is 11.3 Å². The van der Waals surface area contributed by atoms with Gasteiger partial charge in [-0.3, -0.25) is 0 Å². The fourth-order valence-corrected chi connectivity index (χ4v) is 3.23. The van der Waals surface area contributed by atoms with Gasteiger partial charge in [-0.1, -0.05) is 20.3 Å². The van der Waals surface area contributed by atoms with Gasteiger partial charge in [0.25, 0.3) is 0 Å². The first-order valence-electron chi connectivity index (χ1n) is 6.18. The van der Waals surface area contributed by atoms with Crippen LogP contribution in [0.2, 0.25) is 0 Å². The third kappa shape index (κ3) is 2.38. The summed E-state index contributed by atoms with van der Waals surface area (Å²) in [5, 5.41) is 1.19. The molecule has 16 heavy (non-hydrogen) atoms. The molecule has 0 aromatic carbocycles. The van der Waals surface area contributed by atoms with E-state index in [1.807, 2.05) is 0 Å². The van der Waals surface area contributed by atoms with Crippen LogP contribution < -0.4 is 10.6 Å². The molecule has 4 heteroatoms. The zero-order valence-electron chi connectivity index (χ0n) is 10.2. The minimum Gasteiger partial charge on any atom is -0.348 e. The van der Waals surface area contributed by atoms with E-state index < -0.39 is 0 Å². The molecular weight excluding hydrogens is 218 g/mol. The highest BCUT2D eigenvalue weighted by atomic mass is 32.1. The van der Waals surface area contributed by atoms with Crippen molar-refractivity contribution in [2.24, 2.45) is 11.7 Å². The van der Waals surface area contributed by atoms with Crippen molar-refractivity contribution < 1.29 is 0 Å². The Bertz CT molecular complexity index is 348. The lowest BCUT2D eigenvalue weighted by atomic mass is 10.2. The van der Waals surface area contributed by atoms with Gasteiger partial charge in [-0.2, -0.15) is 0 Å². The zero-order valence-corrected chi connectivity index (χ0v) is 11.0. The molecule has 90 valence electrons. The number of aromatic nitrogens is 1. The van der Waals surface area contributed by atoms with Crippen molar-refractivity contribution in [3.8, 4) is 0 Å². The van der Waals surface area contributed by atoms with Crippen LogP contribution in [0.5, 0.6) is 0 Å². The van der Waals surface area contributed by atoms with E-state index >= 15 is 0 Å². The fourth-order valence-electron chi connectivity index (χ4n) is 2.21. The number of hydrogen-bond acceptors (Lipinski definition) is 4. The highest BCUT2D eigenvalue weighted by Gasteiger charge is 2.22. The minimum atomic E-state index is 0.635. The molecule has 1 aromatic heterocycles. The number of rotatable bonds is 4. The lowest BCUT2D eigenvalue weighted by Crippen LogP contribution is -2.18. The molecule has 1 aliphatic rings. The molecule has 0 radical (unpaired) electrons. The normalized spacial score (nSPS) is 20.7. The summed E-state index contributed by atoms with van der Waals surface area (Å²) < 4.78 is 0. The summed E-state index contributed by atoms with van der Waals surface area (Å²) >= 11 is 1.79.